The number of fused-ring (bicyclic) bond motifs is 1. The second-order valence-corrected chi connectivity index (χ2v) is 5.97. The van der Waals surface area contributed by atoms with E-state index in [0.717, 1.165) is 51.4 Å². The predicted molar refractivity (Wildman–Crippen MR) is 74.2 cm³/mol. The molecule has 1 atom stereocenters. The van der Waals surface area contributed by atoms with Gasteiger partial charge in [-0.25, -0.2) is 9.97 Å². The Bertz CT molecular complexity index is 453. The van der Waals surface area contributed by atoms with Crippen LogP contribution in [0.3, 0.4) is 0 Å². The summed E-state index contributed by atoms with van der Waals surface area (Å²) in [6, 6.07) is 0. The maximum absolute atomic E-state index is 5.45. The molecule has 0 bridgehead atoms. The van der Waals surface area contributed by atoms with E-state index in [4.69, 9.17) is 14.7 Å². The number of aromatic nitrogens is 2. The minimum Gasteiger partial charge on any atom is -0.381 e. The highest BCUT2D eigenvalue weighted by molar-refractivity contribution is 5.30. The molecule has 104 valence electrons. The van der Waals surface area contributed by atoms with Crippen molar-refractivity contribution in [3.05, 3.63) is 22.8 Å². The maximum atomic E-state index is 5.45. The first-order valence-electron chi connectivity index (χ1n) is 7.41. The normalized spacial score (nSPS) is 22.8. The Morgan fingerprint density at radius 2 is 2.26 bits per heavy atom. The lowest BCUT2D eigenvalue weighted by Crippen LogP contribution is -2.28. The maximum Gasteiger partial charge on any atom is 0.129 e. The number of hydrogen-bond acceptors (Lipinski definition) is 4. The summed E-state index contributed by atoms with van der Waals surface area (Å²) in [5.74, 6) is 2.11. The van der Waals surface area contributed by atoms with E-state index in [1.54, 1.807) is 0 Å². The molecule has 1 saturated heterocycles. The van der Waals surface area contributed by atoms with Gasteiger partial charge in [0.05, 0.1) is 11.4 Å². The Balaban J connectivity index is 1.89. The van der Waals surface area contributed by atoms with Crippen molar-refractivity contribution in [2.75, 3.05) is 19.8 Å². The molecule has 0 aliphatic carbocycles. The van der Waals surface area contributed by atoms with Crippen molar-refractivity contribution in [3.8, 4) is 0 Å². The second-order valence-electron chi connectivity index (χ2n) is 5.97. The first-order chi connectivity index (χ1) is 9.24. The van der Waals surface area contributed by atoms with Crippen LogP contribution in [0.2, 0.25) is 0 Å². The van der Waals surface area contributed by atoms with Crippen LogP contribution in [-0.4, -0.2) is 29.7 Å². The molecule has 0 spiro atoms. The van der Waals surface area contributed by atoms with Gasteiger partial charge in [0, 0.05) is 44.7 Å². The average Bonchev–Trinajstić information content (AvgIpc) is 2.90. The fraction of sp³-hybridized carbons (Fsp3) is 0.733. The van der Waals surface area contributed by atoms with E-state index in [1.165, 1.54) is 17.0 Å². The van der Waals surface area contributed by atoms with E-state index in [1.807, 2.05) is 0 Å². The summed E-state index contributed by atoms with van der Waals surface area (Å²) in [6.45, 7) is 8.18. The molecule has 1 aromatic rings. The fourth-order valence-corrected chi connectivity index (χ4v) is 2.99. The van der Waals surface area contributed by atoms with Crippen molar-refractivity contribution in [1.29, 1.82) is 0 Å². The monoisotopic (exact) mass is 261 g/mol. The van der Waals surface area contributed by atoms with Gasteiger partial charge in [0.2, 0.25) is 0 Å². The summed E-state index contributed by atoms with van der Waals surface area (Å²) in [5, 5.41) is 3.43. The number of hydrogen-bond donors (Lipinski definition) is 1. The van der Waals surface area contributed by atoms with E-state index < -0.39 is 0 Å². The Kier molecular flexibility index (Phi) is 3.80. The standard InChI is InChI=1S/C15H23N3O/c1-10(2)15-12-8-16-5-3-13(12)17-14(18-15)7-11-4-6-19-9-11/h10-11,16H,3-9H2,1-2H3. The zero-order valence-corrected chi connectivity index (χ0v) is 11.9. The van der Waals surface area contributed by atoms with Gasteiger partial charge < -0.3 is 10.1 Å². The number of nitrogens with zero attached hydrogens (tertiary/aromatic N) is 2. The Hall–Kier alpha value is -1.00. The summed E-state index contributed by atoms with van der Waals surface area (Å²) >= 11 is 0. The van der Waals surface area contributed by atoms with Gasteiger partial charge in [-0.05, 0) is 18.3 Å². The molecule has 3 heterocycles. The van der Waals surface area contributed by atoms with Crippen molar-refractivity contribution in [3.63, 3.8) is 0 Å². The van der Waals surface area contributed by atoms with Crippen molar-refractivity contribution >= 4 is 0 Å². The molecule has 1 unspecified atom stereocenters. The molecule has 2 aliphatic heterocycles. The minimum atomic E-state index is 0.468. The quantitative estimate of drug-likeness (QED) is 0.901. The van der Waals surface area contributed by atoms with Crippen LogP contribution in [-0.2, 0) is 24.1 Å². The number of nitrogens with one attached hydrogen (secondary N) is 1. The molecule has 4 nitrogen and oxygen atoms in total. The van der Waals surface area contributed by atoms with Gasteiger partial charge in [0.1, 0.15) is 5.82 Å². The lowest BCUT2D eigenvalue weighted by atomic mass is 9.97. The zero-order valence-electron chi connectivity index (χ0n) is 11.9. The van der Waals surface area contributed by atoms with Gasteiger partial charge in [-0.15, -0.1) is 0 Å². The van der Waals surface area contributed by atoms with Gasteiger partial charge in [-0.3, -0.25) is 0 Å². The zero-order chi connectivity index (χ0) is 13.2. The predicted octanol–water partition coefficient (Wildman–Crippen LogP) is 1.82. The van der Waals surface area contributed by atoms with Crippen LogP contribution in [0.5, 0.6) is 0 Å². The molecular weight excluding hydrogens is 238 g/mol. The average molecular weight is 261 g/mol. The van der Waals surface area contributed by atoms with Crippen molar-refractivity contribution in [2.24, 2.45) is 5.92 Å². The molecule has 1 fully saturated rings. The first kappa shape index (κ1) is 13.0. The van der Waals surface area contributed by atoms with E-state index in [-0.39, 0.29) is 0 Å². The molecule has 19 heavy (non-hydrogen) atoms. The Morgan fingerprint density at radius 3 is 3.00 bits per heavy atom. The lowest BCUT2D eigenvalue weighted by Gasteiger charge is -2.22. The van der Waals surface area contributed by atoms with Crippen molar-refractivity contribution < 1.29 is 4.74 Å². The third-order valence-corrected chi connectivity index (χ3v) is 4.05. The second kappa shape index (κ2) is 5.55. The van der Waals surface area contributed by atoms with Crippen LogP contribution < -0.4 is 5.32 Å². The van der Waals surface area contributed by atoms with Crippen LogP contribution in [0.15, 0.2) is 0 Å². The molecule has 0 amide bonds. The van der Waals surface area contributed by atoms with Crippen molar-refractivity contribution in [2.45, 2.75) is 45.6 Å². The Labute approximate surface area is 115 Å². The first-order valence-corrected chi connectivity index (χ1v) is 7.41. The van der Waals surface area contributed by atoms with Crippen LogP contribution in [0.4, 0.5) is 0 Å². The molecule has 0 aromatic carbocycles. The molecular formula is C15H23N3O. The minimum absolute atomic E-state index is 0.468. The highest BCUT2D eigenvalue weighted by Crippen LogP contribution is 2.24. The number of rotatable bonds is 3. The van der Waals surface area contributed by atoms with E-state index in [9.17, 15) is 0 Å². The topological polar surface area (TPSA) is 47.0 Å². The van der Waals surface area contributed by atoms with E-state index in [0.29, 0.717) is 11.8 Å². The summed E-state index contributed by atoms with van der Waals surface area (Å²) < 4.78 is 5.45. The Morgan fingerprint density at radius 1 is 1.37 bits per heavy atom. The van der Waals surface area contributed by atoms with Gasteiger partial charge in [-0.1, -0.05) is 13.8 Å². The summed E-state index contributed by atoms with van der Waals surface area (Å²) in [7, 11) is 0. The summed E-state index contributed by atoms with van der Waals surface area (Å²) in [6.07, 6.45) is 3.16. The third-order valence-electron chi connectivity index (χ3n) is 4.05. The third kappa shape index (κ3) is 2.79. The largest absolute Gasteiger partial charge is 0.381 e. The van der Waals surface area contributed by atoms with Crippen LogP contribution in [0.25, 0.3) is 0 Å². The highest BCUT2D eigenvalue weighted by atomic mass is 16.5. The van der Waals surface area contributed by atoms with Crippen LogP contribution in [0, 0.1) is 5.92 Å². The van der Waals surface area contributed by atoms with Gasteiger partial charge >= 0.3 is 0 Å². The van der Waals surface area contributed by atoms with Crippen LogP contribution in [0.1, 0.15) is 49.0 Å². The van der Waals surface area contributed by atoms with Gasteiger partial charge in [0.15, 0.2) is 0 Å². The molecule has 0 saturated carbocycles. The van der Waals surface area contributed by atoms with Crippen molar-refractivity contribution in [1.82, 2.24) is 15.3 Å². The van der Waals surface area contributed by atoms with Gasteiger partial charge in [0.25, 0.3) is 0 Å². The molecule has 2 aliphatic rings. The summed E-state index contributed by atoms with van der Waals surface area (Å²) in [4.78, 5) is 9.66. The molecule has 1 N–H and O–H groups in total. The molecule has 0 radical (unpaired) electrons. The SMILES string of the molecule is CC(C)c1nc(CC2CCOC2)nc2c1CNCC2. The molecule has 3 rings (SSSR count). The summed E-state index contributed by atoms with van der Waals surface area (Å²) in [5.41, 5.74) is 3.85. The lowest BCUT2D eigenvalue weighted by molar-refractivity contribution is 0.185. The fourth-order valence-electron chi connectivity index (χ4n) is 2.99. The van der Waals surface area contributed by atoms with E-state index in [2.05, 4.69) is 19.2 Å². The molecule has 1 aromatic heterocycles. The van der Waals surface area contributed by atoms with Crippen LogP contribution >= 0.6 is 0 Å². The highest BCUT2D eigenvalue weighted by Gasteiger charge is 2.22. The number of ether oxygens (including phenoxy) is 1. The van der Waals surface area contributed by atoms with Gasteiger partial charge in [-0.2, -0.15) is 0 Å². The molecule has 4 heteroatoms. The van der Waals surface area contributed by atoms with E-state index >= 15 is 0 Å². The smallest absolute Gasteiger partial charge is 0.129 e.